The van der Waals surface area contributed by atoms with Gasteiger partial charge in [-0.3, -0.25) is 9.05 Å². The molecule has 0 radical (unpaired) electrons. The van der Waals surface area contributed by atoms with Gasteiger partial charge in [0.25, 0.3) is 0 Å². The summed E-state index contributed by atoms with van der Waals surface area (Å²) in [5.41, 5.74) is 0. The summed E-state index contributed by atoms with van der Waals surface area (Å²) in [6.45, 7) is 0. The molecule has 4 nitrogen and oxygen atoms in total. The number of phosphoric ester groups is 1. The molecule has 0 aromatic rings. The summed E-state index contributed by atoms with van der Waals surface area (Å²) >= 11 is 5.33. The van der Waals surface area contributed by atoms with Gasteiger partial charge < -0.3 is 0 Å². The molecule has 0 aromatic heterocycles. The van der Waals surface area contributed by atoms with Gasteiger partial charge in [0.05, 0.1) is 24.1 Å². The van der Waals surface area contributed by atoms with Gasteiger partial charge in [-0.05, 0) is 25.7 Å². The van der Waals surface area contributed by atoms with Gasteiger partial charge in [-0.1, -0.05) is 38.5 Å². The topological polar surface area (TPSA) is 44.8 Å². The molecule has 106 valence electrons. The Morgan fingerprint density at radius 3 is 1.50 bits per heavy atom. The molecule has 0 aliphatic heterocycles. The fraction of sp³-hybridized carbons (Fsp3) is 1.00. The molecule has 18 heavy (non-hydrogen) atoms. The zero-order valence-electron chi connectivity index (χ0n) is 10.7. The maximum Gasteiger partial charge on any atom is 0.491 e. The Hall–Kier alpha value is 0.400. The van der Waals surface area contributed by atoms with Crippen molar-refractivity contribution < 1.29 is 17.7 Å². The number of hydrogen-bond donors (Lipinski definition) is 0. The zero-order chi connectivity index (χ0) is 12.8. The fourth-order valence-corrected chi connectivity index (χ4v) is 4.23. The molecule has 0 aromatic carbocycles. The monoisotopic (exact) mass is 296 g/mol. The van der Waals surface area contributed by atoms with Crippen LogP contribution in [-0.2, 0) is 17.7 Å². The van der Waals surface area contributed by atoms with Crippen LogP contribution >= 0.6 is 19.7 Å². The summed E-state index contributed by atoms with van der Waals surface area (Å²) in [5, 5.41) is 0. The van der Waals surface area contributed by atoms with E-state index in [9.17, 15) is 4.57 Å². The summed E-state index contributed by atoms with van der Waals surface area (Å²) in [4.78, 5) is 0. The van der Waals surface area contributed by atoms with E-state index in [-0.39, 0.29) is 12.2 Å². The number of hydrogen-bond acceptors (Lipinski definition) is 4. The Morgan fingerprint density at radius 1 is 0.778 bits per heavy atom. The van der Waals surface area contributed by atoms with Crippen molar-refractivity contribution in [2.24, 2.45) is 0 Å². The highest BCUT2D eigenvalue weighted by Gasteiger charge is 2.35. The molecule has 2 fully saturated rings. The zero-order valence-corrected chi connectivity index (χ0v) is 12.3. The largest absolute Gasteiger partial charge is 0.491 e. The Balaban J connectivity index is 1.85. The molecule has 0 unspecified atom stereocenters. The van der Waals surface area contributed by atoms with E-state index < -0.39 is 7.82 Å². The van der Waals surface area contributed by atoms with Crippen molar-refractivity contribution in [2.75, 3.05) is 0 Å². The predicted octanol–water partition coefficient (Wildman–Crippen LogP) is 4.96. The maximum atomic E-state index is 12.3. The molecular formula is C12H22ClO4P. The van der Waals surface area contributed by atoms with Gasteiger partial charge in [0.1, 0.15) is 0 Å². The summed E-state index contributed by atoms with van der Waals surface area (Å²) in [7, 11) is -3.57. The van der Waals surface area contributed by atoms with Gasteiger partial charge in [0.2, 0.25) is 0 Å². The smallest absolute Gasteiger partial charge is 0.283 e. The van der Waals surface area contributed by atoms with Gasteiger partial charge in [0, 0.05) is 0 Å². The van der Waals surface area contributed by atoms with E-state index in [1.165, 1.54) is 12.8 Å². The lowest BCUT2D eigenvalue weighted by Crippen LogP contribution is -2.20. The second kappa shape index (κ2) is 7.25. The Labute approximate surface area is 114 Å². The number of rotatable bonds is 5. The molecule has 0 heterocycles. The third-order valence-corrected chi connectivity index (χ3v) is 5.53. The molecule has 0 N–H and O–H groups in total. The van der Waals surface area contributed by atoms with Crippen LogP contribution in [-0.4, -0.2) is 12.2 Å². The third-order valence-electron chi connectivity index (χ3n) is 3.75. The van der Waals surface area contributed by atoms with E-state index in [0.29, 0.717) is 0 Å². The standard InChI is InChI=1S/C12H22ClO4P/c13-17-18(14,15-11-7-3-1-4-8-11)16-12-9-5-2-6-10-12/h11-12H,1-10H2. The Morgan fingerprint density at radius 2 is 1.17 bits per heavy atom. The molecule has 2 saturated carbocycles. The first-order valence-electron chi connectivity index (χ1n) is 6.99. The van der Waals surface area contributed by atoms with Crippen LogP contribution in [0.2, 0.25) is 0 Å². The average Bonchev–Trinajstić information content (AvgIpc) is 2.41. The van der Waals surface area contributed by atoms with Crippen molar-refractivity contribution in [1.29, 1.82) is 0 Å². The highest BCUT2D eigenvalue weighted by molar-refractivity contribution is 7.49. The normalized spacial score (nSPS) is 24.3. The van der Waals surface area contributed by atoms with E-state index >= 15 is 0 Å². The lowest BCUT2D eigenvalue weighted by Gasteiger charge is -2.28. The minimum absolute atomic E-state index is 0.0353. The summed E-state index contributed by atoms with van der Waals surface area (Å²) in [6, 6.07) is 0. The van der Waals surface area contributed by atoms with Crippen molar-refractivity contribution in [2.45, 2.75) is 76.4 Å². The van der Waals surface area contributed by atoms with E-state index in [1.54, 1.807) is 0 Å². The van der Waals surface area contributed by atoms with Crippen molar-refractivity contribution in [3.8, 4) is 0 Å². The van der Waals surface area contributed by atoms with Crippen molar-refractivity contribution in [3.63, 3.8) is 0 Å². The first-order chi connectivity index (χ1) is 8.72. The van der Waals surface area contributed by atoms with Crippen molar-refractivity contribution in [1.82, 2.24) is 0 Å². The quantitative estimate of drug-likeness (QED) is 0.672. The molecule has 0 bridgehead atoms. The van der Waals surface area contributed by atoms with E-state index in [2.05, 4.69) is 4.08 Å². The van der Waals surface area contributed by atoms with E-state index in [4.69, 9.17) is 20.9 Å². The van der Waals surface area contributed by atoms with E-state index in [0.717, 1.165) is 51.4 Å². The first kappa shape index (κ1) is 14.8. The van der Waals surface area contributed by atoms with E-state index in [1.807, 2.05) is 0 Å². The third kappa shape index (κ3) is 4.50. The minimum atomic E-state index is -3.57. The predicted molar refractivity (Wildman–Crippen MR) is 70.5 cm³/mol. The van der Waals surface area contributed by atoms with Gasteiger partial charge in [-0.25, -0.2) is 4.57 Å². The Bertz CT molecular complexity index is 264. The van der Waals surface area contributed by atoms with Gasteiger partial charge in [-0.2, -0.15) is 4.08 Å². The van der Waals surface area contributed by atoms with Crippen molar-refractivity contribution in [3.05, 3.63) is 0 Å². The first-order valence-corrected chi connectivity index (χ1v) is 8.76. The second-order valence-electron chi connectivity index (χ2n) is 5.25. The molecule has 0 amide bonds. The minimum Gasteiger partial charge on any atom is -0.283 e. The van der Waals surface area contributed by atoms with Crippen LogP contribution in [0.5, 0.6) is 0 Å². The van der Waals surface area contributed by atoms with Crippen molar-refractivity contribution >= 4 is 19.7 Å². The summed E-state index contributed by atoms with van der Waals surface area (Å²) < 4.78 is 27.9. The maximum absolute atomic E-state index is 12.3. The van der Waals surface area contributed by atoms with Gasteiger partial charge in [0.15, 0.2) is 0 Å². The highest BCUT2D eigenvalue weighted by Crippen LogP contribution is 2.55. The Kier molecular flexibility index (Phi) is 5.96. The SMILES string of the molecule is O=P(OCl)(OC1CCCCC1)OC1CCCCC1. The number of halogens is 1. The summed E-state index contributed by atoms with van der Waals surface area (Å²) in [6.07, 6.45) is 10.5. The van der Waals surface area contributed by atoms with Crippen LogP contribution < -0.4 is 0 Å². The fourth-order valence-electron chi connectivity index (χ4n) is 2.76. The van der Waals surface area contributed by atoms with Crippen LogP contribution in [0.3, 0.4) is 0 Å². The van der Waals surface area contributed by atoms with Crippen LogP contribution in [0, 0.1) is 0 Å². The second-order valence-corrected chi connectivity index (χ2v) is 7.12. The van der Waals surface area contributed by atoms with Crippen LogP contribution in [0.25, 0.3) is 0 Å². The molecule has 2 rings (SSSR count). The average molecular weight is 297 g/mol. The highest BCUT2D eigenvalue weighted by atomic mass is 35.5. The lowest BCUT2D eigenvalue weighted by molar-refractivity contribution is 0.0529. The van der Waals surface area contributed by atoms with Gasteiger partial charge >= 0.3 is 7.82 Å². The van der Waals surface area contributed by atoms with Crippen LogP contribution in [0.4, 0.5) is 0 Å². The van der Waals surface area contributed by atoms with Crippen LogP contribution in [0.1, 0.15) is 64.2 Å². The molecule has 0 saturated heterocycles. The van der Waals surface area contributed by atoms with Gasteiger partial charge in [-0.15, -0.1) is 0 Å². The van der Waals surface area contributed by atoms with Crippen LogP contribution in [0.15, 0.2) is 0 Å². The molecule has 2 aliphatic rings. The molecular weight excluding hydrogens is 275 g/mol. The molecule has 0 spiro atoms. The lowest BCUT2D eigenvalue weighted by atomic mass is 9.98. The number of phosphoric acid groups is 1. The molecule has 2 aliphatic carbocycles. The molecule has 6 heteroatoms. The molecule has 0 atom stereocenters. The summed E-state index contributed by atoms with van der Waals surface area (Å²) in [5.74, 6) is 0.